The largest absolute Gasteiger partial charge is 0.416 e. The number of alkyl halides is 3. The zero-order valence-corrected chi connectivity index (χ0v) is 10.3. The van der Waals surface area contributed by atoms with Crippen molar-refractivity contribution in [1.82, 2.24) is 4.98 Å². The lowest BCUT2D eigenvalue weighted by Crippen LogP contribution is -2.07. The number of nitrogens with one attached hydrogen (secondary N) is 1. The van der Waals surface area contributed by atoms with E-state index in [0.717, 1.165) is 12.1 Å². The second kappa shape index (κ2) is 5.61. The van der Waals surface area contributed by atoms with Crippen molar-refractivity contribution in [1.29, 1.82) is 5.26 Å². The summed E-state index contributed by atoms with van der Waals surface area (Å²) >= 11 is 0. The highest BCUT2D eigenvalue weighted by Gasteiger charge is 2.30. The molecule has 0 unspecified atom stereocenters. The fraction of sp³-hybridized carbons (Fsp3) is 0.143. The number of hydrogen-bond donors (Lipinski definition) is 1. The van der Waals surface area contributed by atoms with E-state index in [-0.39, 0.29) is 12.2 Å². The van der Waals surface area contributed by atoms with Gasteiger partial charge < -0.3 is 5.32 Å². The quantitative estimate of drug-likeness (QED) is 0.932. The third kappa shape index (κ3) is 3.48. The number of pyridine rings is 1. The number of aromatic nitrogens is 1. The maximum absolute atomic E-state index is 12.6. The lowest BCUT2D eigenvalue weighted by Gasteiger charge is -2.10. The number of halogens is 3. The first kappa shape index (κ1) is 13.9. The Balaban J connectivity index is 2.09. The van der Waals surface area contributed by atoms with Gasteiger partial charge in [-0.05, 0) is 29.8 Å². The number of rotatable bonds is 3. The molecule has 2 rings (SSSR count). The van der Waals surface area contributed by atoms with Crippen molar-refractivity contribution in [2.75, 3.05) is 5.32 Å². The van der Waals surface area contributed by atoms with E-state index >= 15 is 0 Å². The Morgan fingerprint density at radius 2 is 2.00 bits per heavy atom. The lowest BCUT2D eigenvalue weighted by molar-refractivity contribution is -0.137. The summed E-state index contributed by atoms with van der Waals surface area (Å²) in [6, 6.07) is 10.2. The molecule has 102 valence electrons. The van der Waals surface area contributed by atoms with Gasteiger partial charge in [0.1, 0.15) is 11.8 Å². The van der Waals surface area contributed by atoms with Gasteiger partial charge in [-0.3, -0.25) is 0 Å². The van der Waals surface area contributed by atoms with Gasteiger partial charge in [-0.25, -0.2) is 4.98 Å². The van der Waals surface area contributed by atoms with Crippen LogP contribution in [0.1, 0.15) is 16.8 Å². The molecule has 1 aromatic carbocycles. The summed E-state index contributed by atoms with van der Waals surface area (Å²) in [5.41, 5.74) is 0.715. The number of hydrogen-bond acceptors (Lipinski definition) is 3. The van der Waals surface area contributed by atoms with Crippen molar-refractivity contribution >= 4 is 5.69 Å². The Hall–Kier alpha value is -2.55. The second-order valence-electron chi connectivity index (χ2n) is 4.09. The van der Waals surface area contributed by atoms with Gasteiger partial charge in [0.25, 0.3) is 0 Å². The van der Waals surface area contributed by atoms with Crippen molar-refractivity contribution in [3.8, 4) is 6.07 Å². The van der Waals surface area contributed by atoms with Crippen LogP contribution in [-0.2, 0) is 12.7 Å². The number of benzene rings is 1. The molecule has 0 amide bonds. The van der Waals surface area contributed by atoms with Crippen LogP contribution in [0.15, 0.2) is 42.6 Å². The van der Waals surface area contributed by atoms with Crippen molar-refractivity contribution in [2.24, 2.45) is 0 Å². The summed E-state index contributed by atoms with van der Waals surface area (Å²) < 4.78 is 37.7. The SMILES string of the molecule is N#Cc1cc(NCc2cccc(C(F)(F)F)c2)ccn1. The molecular weight excluding hydrogens is 267 g/mol. The van der Waals surface area contributed by atoms with Gasteiger partial charge in [-0.1, -0.05) is 12.1 Å². The highest BCUT2D eigenvalue weighted by atomic mass is 19.4. The molecule has 0 aliphatic heterocycles. The molecule has 0 bridgehead atoms. The Labute approximate surface area is 113 Å². The van der Waals surface area contributed by atoms with Crippen LogP contribution < -0.4 is 5.32 Å². The van der Waals surface area contributed by atoms with E-state index in [2.05, 4.69) is 10.3 Å². The first-order chi connectivity index (χ1) is 9.49. The van der Waals surface area contributed by atoms with Crippen molar-refractivity contribution in [3.63, 3.8) is 0 Å². The van der Waals surface area contributed by atoms with Crippen LogP contribution in [0.25, 0.3) is 0 Å². The molecule has 0 aliphatic rings. The molecule has 0 atom stereocenters. The van der Waals surface area contributed by atoms with Gasteiger partial charge in [0.05, 0.1) is 5.56 Å². The minimum absolute atomic E-state index is 0.235. The maximum atomic E-state index is 12.6. The average molecular weight is 277 g/mol. The van der Waals surface area contributed by atoms with E-state index in [1.54, 1.807) is 12.1 Å². The van der Waals surface area contributed by atoms with Crippen LogP contribution in [0.5, 0.6) is 0 Å². The summed E-state index contributed by atoms with van der Waals surface area (Å²) in [6.07, 6.45) is -2.88. The topological polar surface area (TPSA) is 48.7 Å². The number of nitriles is 1. The van der Waals surface area contributed by atoms with Crippen LogP contribution in [0.4, 0.5) is 18.9 Å². The lowest BCUT2D eigenvalue weighted by atomic mass is 10.1. The van der Waals surface area contributed by atoms with Crippen LogP contribution >= 0.6 is 0 Å². The predicted molar refractivity (Wildman–Crippen MR) is 67.7 cm³/mol. The van der Waals surface area contributed by atoms with Crippen molar-refractivity contribution in [3.05, 3.63) is 59.4 Å². The molecule has 0 saturated heterocycles. The van der Waals surface area contributed by atoms with Gasteiger partial charge in [-0.2, -0.15) is 18.4 Å². The van der Waals surface area contributed by atoms with Crippen molar-refractivity contribution in [2.45, 2.75) is 12.7 Å². The van der Waals surface area contributed by atoms with Gasteiger partial charge in [0.2, 0.25) is 0 Å². The molecule has 0 spiro atoms. The zero-order valence-electron chi connectivity index (χ0n) is 10.3. The highest BCUT2D eigenvalue weighted by molar-refractivity contribution is 5.46. The monoisotopic (exact) mass is 277 g/mol. The Bertz CT molecular complexity index is 645. The fourth-order valence-electron chi connectivity index (χ4n) is 1.66. The summed E-state index contributed by atoms with van der Waals surface area (Å²) in [4.78, 5) is 3.81. The van der Waals surface area contributed by atoms with Crippen LogP contribution in [0.2, 0.25) is 0 Å². The van der Waals surface area contributed by atoms with Crippen LogP contribution in [0, 0.1) is 11.3 Å². The molecule has 1 aromatic heterocycles. The Morgan fingerprint density at radius 1 is 1.20 bits per heavy atom. The maximum Gasteiger partial charge on any atom is 0.416 e. The van der Waals surface area contributed by atoms with Gasteiger partial charge in [0.15, 0.2) is 0 Å². The molecule has 2 aromatic rings. The summed E-state index contributed by atoms with van der Waals surface area (Å²) in [7, 11) is 0. The smallest absolute Gasteiger partial charge is 0.381 e. The third-order valence-electron chi connectivity index (χ3n) is 2.63. The Kier molecular flexibility index (Phi) is 3.89. The van der Waals surface area contributed by atoms with E-state index in [1.165, 1.54) is 18.3 Å². The molecule has 0 fully saturated rings. The molecule has 3 nitrogen and oxygen atoms in total. The molecule has 0 aliphatic carbocycles. The minimum atomic E-state index is -4.35. The fourth-order valence-corrected chi connectivity index (χ4v) is 1.66. The second-order valence-corrected chi connectivity index (χ2v) is 4.09. The molecule has 1 N–H and O–H groups in total. The highest BCUT2D eigenvalue weighted by Crippen LogP contribution is 2.29. The van der Waals surface area contributed by atoms with Gasteiger partial charge in [0, 0.05) is 18.4 Å². The summed E-state index contributed by atoms with van der Waals surface area (Å²) in [5.74, 6) is 0. The van der Waals surface area contributed by atoms with Crippen LogP contribution in [0.3, 0.4) is 0 Å². The van der Waals surface area contributed by atoms with Crippen molar-refractivity contribution < 1.29 is 13.2 Å². The van der Waals surface area contributed by atoms with Crippen LogP contribution in [-0.4, -0.2) is 4.98 Å². The molecular formula is C14H10F3N3. The molecule has 0 saturated carbocycles. The number of anilines is 1. The average Bonchev–Trinajstić information content (AvgIpc) is 2.45. The number of nitrogens with zero attached hydrogens (tertiary/aromatic N) is 2. The van der Waals surface area contributed by atoms with Gasteiger partial charge >= 0.3 is 6.18 Å². The molecule has 1 heterocycles. The third-order valence-corrected chi connectivity index (χ3v) is 2.63. The predicted octanol–water partition coefficient (Wildman–Crippen LogP) is 3.58. The molecule has 0 radical (unpaired) electrons. The summed E-state index contributed by atoms with van der Waals surface area (Å²) in [5, 5.41) is 11.7. The first-order valence-electron chi connectivity index (χ1n) is 5.75. The zero-order chi connectivity index (χ0) is 14.6. The minimum Gasteiger partial charge on any atom is -0.381 e. The van der Waals surface area contributed by atoms with Gasteiger partial charge in [-0.15, -0.1) is 0 Å². The molecule has 20 heavy (non-hydrogen) atoms. The molecule has 6 heteroatoms. The first-order valence-corrected chi connectivity index (χ1v) is 5.75. The van der Waals surface area contributed by atoms with E-state index in [1.807, 2.05) is 6.07 Å². The van der Waals surface area contributed by atoms with E-state index < -0.39 is 11.7 Å². The normalized spacial score (nSPS) is 10.9. The standard InChI is InChI=1S/C14H10F3N3/c15-14(16,17)11-3-1-2-10(6-11)9-20-12-4-5-19-13(7-12)8-18/h1-7H,9H2,(H,19,20). The van der Waals surface area contributed by atoms with E-state index in [0.29, 0.717) is 11.3 Å². The van der Waals surface area contributed by atoms with E-state index in [9.17, 15) is 13.2 Å². The summed E-state index contributed by atoms with van der Waals surface area (Å²) in [6.45, 7) is 0.235. The van der Waals surface area contributed by atoms with E-state index in [4.69, 9.17) is 5.26 Å². The Morgan fingerprint density at radius 3 is 2.70 bits per heavy atom.